The molecule has 0 aliphatic carbocycles. The summed E-state index contributed by atoms with van der Waals surface area (Å²) in [6, 6.07) is 15.7. The number of anilines is 1. The molecule has 1 amide bonds. The molecular weight excluding hydrogens is 434 g/mol. The van der Waals surface area contributed by atoms with E-state index in [1.54, 1.807) is 36.4 Å². The molecule has 7 nitrogen and oxygen atoms in total. The summed E-state index contributed by atoms with van der Waals surface area (Å²) in [5.41, 5.74) is 2.98. The molecule has 1 fully saturated rings. The van der Waals surface area contributed by atoms with Crippen molar-refractivity contribution in [1.29, 1.82) is 0 Å². The summed E-state index contributed by atoms with van der Waals surface area (Å²) in [4.78, 5) is 28.0. The van der Waals surface area contributed by atoms with Gasteiger partial charge in [-0.15, -0.1) is 0 Å². The third kappa shape index (κ3) is 3.75. The van der Waals surface area contributed by atoms with Crippen molar-refractivity contribution < 1.29 is 29.3 Å². The number of benzene rings is 3. The number of hydrogen-bond donors (Lipinski definition) is 2. The van der Waals surface area contributed by atoms with Gasteiger partial charge in [-0.25, -0.2) is 0 Å². The van der Waals surface area contributed by atoms with Crippen LogP contribution in [0.3, 0.4) is 0 Å². The lowest BCUT2D eigenvalue weighted by Crippen LogP contribution is -2.29. The predicted molar refractivity (Wildman–Crippen MR) is 128 cm³/mol. The minimum Gasteiger partial charge on any atom is -0.508 e. The van der Waals surface area contributed by atoms with Crippen molar-refractivity contribution in [2.45, 2.75) is 19.9 Å². The van der Waals surface area contributed by atoms with Gasteiger partial charge in [-0.05, 0) is 66.9 Å². The Labute approximate surface area is 197 Å². The van der Waals surface area contributed by atoms with E-state index in [1.165, 1.54) is 31.3 Å². The lowest BCUT2D eigenvalue weighted by molar-refractivity contribution is -0.132. The first-order valence-corrected chi connectivity index (χ1v) is 10.7. The summed E-state index contributed by atoms with van der Waals surface area (Å²) in [6.45, 7) is 3.87. The number of nitrogens with zero attached hydrogens (tertiary/aromatic N) is 1. The number of aryl methyl sites for hydroxylation is 2. The highest BCUT2D eigenvalue weighted by atomic mass is 16.5. The van der Waals surface area contributed by atoms with Gasteiger partial charge in [0.15, 0.2) is 0 Å². The minimum absolute atomic E-state index is 0.0296. The molecule has 7 heteroatoms. The second-order valence-corrected chi connectivity index (χ2v) is 8.07. The maximum atomic E-state index is 13.4. The van der Waals surface area contributed by atoms with Crippen molar-refractivity contribution in [3.05, 3.63) is 88.5 Å². The molecule has 0 saturated carbocycles. The van der Waals surface area contributed by atoms with E-state index in [0.717, 1.165) is 11.1 Å². The number of phenols is 1. The van der Waals surface area contributed by atoms with E-state index < -0.39 is 23.5 Å². The lowest BCUT2D eigenvalue weighted by Gasteiger charge is -2.26. The molecule has 0 aromatic heterocycles. The largest absolute Gasteiger partial charge is 0.508 e. The van der Waals surface area contributed by atoms with Gasteiger partial charge < -0.3 is 19.7 Å². The second kappa shape index (κ2) is 8.94. The predicted octanol–water partition coefficient (Wildman–Crippen LogP) is 4.65. The molecule has 34 heavy (non-hydrogen) atoms. The fourth-order valence-corrected chi connectivity index (χ4v) is 4.20. The fourth-order valence-electron chi connectivity index (χ4n) is 4.20. The molecule has 1 aliphatic heterocycles. The van der Waals surface area contributed by atoms with Crippen LogP contribution in [0.5, 0.6) is 17.2 Å². The average Bonchev–Trinajstić information content (AvgIpc) is 3.10. The average molecular weight is 459 g/mol. The zero-order chi connectivity index (χ0) is 24.6. The van der Waals surface area contributed by atoms with Gasteiger partial charge in [0.25, 0.3) is 11.7 Å². The number of hydrogen-bond acceptors (Lipinski definition) is 6. The van der Waals surface area contributed by atoms with Crippen LogP contribution in [0.2, 0.25) is 0 Å². The Morgan fingerprint density at radius 2 is 1.53 bits per heavy atom. The number of ketones is 1. The van der Waals surface area contributed by atoms with Crippen LogP contribution in [0.1, 0.15) is 28.3 Å². The topological polar surface area (TPSA) is 96.3 Å². The third-order valence-corrected chi connectivity index (χ3v) is 6.06. The first kappa shape index (κ1) is 22.9. The monoisotopic (exact) mass is 459 g/mol. The van der Waals surface area contributed by atoms with Crippen LogP contribution in [0.4, 0.5) is 5.69 Å². The Balaban J connectivity index is 2.03. The van der Waals surface area contributed by atoms with Crippen molar-refractivity contribution in [1.82, 2.24) is 0 Å². The molecule has 1 atom stereocenters. The second-order valence-electron chi connectivity index (χ2n) is 8.07. The molecule has 3 aromatic carbocycles. The number of aliphatic hydroxyl groups excluding tert-OH is 1. The molecule has 174 valence electrons. The number of aromatic hydroxyl groups is 1. The van der Waals surface area contributed by atoms with Gasteiger partial charge in [0.05, 0.1) is 25.8 Å². The molecule has 2 N–H and O–H groups in total. The highest BCUT2D eigenvalue weighted by molar-refractivity contribution is 6.51. The fraction of sp³-hybridized carbons (Fsp3) is 0.185. The molecule has 0 radical (unpaired) electrons. The zero-order valence-electron chi connectivity index (χ0n) is 19.3. The van der Waals surface area contributed by atoms with Crippen molar-refractivity contribution in [2.75, 3.05) is 19.1 Å². The van der Waals surface area contributed by atoms with Crippen LogP contribution < -0.4 is 14.4 Å². The van der Waals surface area contributed by atoms with E-state index in [0.29, 0.717) is 11.3 Å². The Hall–Kier alpha value is -4.26. The van der Waals surface area contributed by atoms with E-state index in [9.17, 15) is 19.8 Å². The summed E-state index contributed by atoms with van der Waals surface area (Å²) < 4.78 is 10.8. The third-order valence-electron chi connectivity index (χ3n) is 6.06. The van der Waals surface area contributed by atoms with Gasteiger partial charge in [0, 0.05) is 5.69 Å². The number of carbonyl (C=O) groups is 2. The smallest absolute Gasteiger partial charge is 0.300 e. The van der Waals surface area contributed by atoms with Crippen LogP contribution in [-0.2, 0) is 9.59 Å². The van der Waals surface area contributed by atoms with Gasteiger partial charge >= 0.3 is 0 Å². The quantitative estimate of drug-likeness (QED) is 0.328. The molecule has 1 aliphatic rings. The van der Waals surface area contributed by atoms with Gasteiger partial charge in [0.1, 0.15) is 28.6 Å². The molecule has 1 unspecified atom stereocenters. The van der Waals surface area contributed by atoms with Crippen molar-refractivity contribution in [2.24, 2.45) is 0 Å². The van der Waals surface area contributed by atoms with Crippen LogP contribution >= 0.6 is 0 Å². The van der Waals surface area contributed by atoms with E-state index in [4.69, 9.17) is 9.47 Å². The lowest BCUT2D eigenvalue weighted by atomic mass is 9.94. The first-order valence-electron chi connectivity index (χ1n) is 10.7. The number of ether oxygens (including phenoxy) is 2. The molecule has 3 aromatic rings. The highest BCUT2D eigenvalue weighted by Crippen LogP contribution is 2.45. The van der Waals surface area contributed by atoms with Crippen LogP contribution in [0.25, 0.3) is 5.76 Å². The van der Waals surface area contributed by atoms with E-state index >= 15 is 0 Å². The summed E-state index contributed by atoms with van der Waals surface area (Å²) in [6.07, 6.45) is 0. The standard InChI is InChI=1S/C27H25NO6/c1-15-11-12-18(13-16(15)2)28-24(17-7-5-8-19(29)14-17)23(26(31)27(28)32)25(30)22-20(33-3)9-6-10-21(22)34-4/h5-14,24,29-30H,1-4H3/b25-23+. The molecular formula is C27H25NO6. The summed E-state index contributed by atoms with van der Waals surface area (Å²) in [5, 5.41) is 21.6. The SMILES string of the molecule is COc1cccc(OC)c1/C(O)=C1\C(=O)C(=O)N(c2ccc(C)c(C)c2)C1c1cccc(O)c1. The summed E-state index contributed by atoms with van der Waals surface area (Å²) in [7, 11) is 2.87. The maximum absolute atomic E-state index is 13.4. The number of aliphatic hydroxyl groups is 1. The normalized spacial score (nSPS) is 17.2. The Kier molecular flexibility index (Phi) is 6.03. The Morgan fingerprint density at radius 3 is 2.12 bits per heavy atom. The van der Waals surface area contributed by atoms with E-state index in [2.05, 4.69) is 0 Å². The Bertz CT molecular complexity index is 1300. The summed E-state index contributed by atoms with van der Waals surface area (Å²) in [5.74, 6) is -1.53. The van der Waals surface area contributed by atoms with Gasteiger partial charge in [-0.2, -0.15) is 0 Å². The number of amides is 1. The van der Waals surface area contributed by atoms with E-state index in [1.807, 2.05) is 26.0 Å². The summed E-state index contributed by atoms with van der Waals surface area (Å²) >= 11 is 0. The number of rotatable bonds is 5. The number of phenolic OH excluding ortho intramolecular Hbond substituents is 1. The zero-order valence-corrected chi connectivity index (χ0v) is 19.3. The van der Waals surface area contributed by atoms with Crippen LogP contribution in [0.15, 0.2) is 66.2 Å². The van der Waals surface area contributed by atoms with Crippen LogP contribution in [-0.4, -0.2) is 36.1 Å². The van der Waals surface area contributed by atoms with Gasteiger partial charge in [-0.1, -0.05) is 24.3 Å². The van der Waals surface area contributed by atoms with E-state index in [-0.39, 0.29) is 28.4 Å². The Morgan fingerprint density at radius 1 is 0.882 bits per heavy atom. The number of carbonyl (C=O) groups excluding carboxylic acids is 2. The molecule has 1 saturated heterocycles. The maximum Gasteiger partial charge on any atom is 0.300 e. The first-order chi connectivity index (χ1) is 16.3. The van der Waals surface area contributed by atoms with Crippen LogP contribution in [0, 0.1) is 13.8 Å². The van der Waals surface area contributed by atoms with Gasteiger partial charge in [-0.3, -0.25) is 14.5 Å². The highest BCUT2D eigenvalue weighted by Gasteiger charge is 2.47. The molecule has 0 bridgehead atoms. The van der Waals surface area contributed by atoms with Crippen molar-refractivity contribution in [3.8, 4) is 17.2 Å². The van der Waals surface area contributed by atoms with Crippen molar-refractivity contribution >= 4 is 23.1 Å². The minimum atomic E-state index is -0.983. The number of methoxy groups -OCH3 is 2. The van der Waals surface area contributed by atoms with Crippen molar-refractivity contribution in [3.63, 3.8) is 0 Å². The number of Topliss-reactive ketones (excluding diaryl/α,β-unsaturated/α-hetero) is 1. The molecule has 4 rings (SSSR count). The molecule has 1 heterocycles. The van der Waals surface area contributed by atoms with Gasteiger partial charge in [0.2, 0.25) is 0 Å². The molecule has 0 spiro atoms.